The molecule has 1 aromatic rings. The van der Waals surface area contributed by atoms with Gasteiger partial charge in [0.15, 0.2) is 0 Å². The summed E-state index contributed by atoms with van der Waals surface area (Å²) in [5.41, 5.74) is 0.860. The van der Waals surface area contributed by atoms with Crippen LogP contribution in [0, 0.1) is 6.92 Å². The molecule has 108 valence electrons. The fourth-order valence-electron chi connectivity index (χ4n) is 1.54. The fourth-order valence-corrected chi connectivity index (χ4v) is 2.35. The highest BCUT2D eigenvalue weighted by molar-refractivity contribution is 7.58. The zero-order valence-electron chi connectivity index (χ0n) is 11.3. The van der Waals surface area contributed by atoms with Crippen molar-refractivity contribution in [2.24, 2.45) is 0 Å². The van der Waals surface area contributed by atoms with Crippen LogP contribution in [0.2, 0.25) is 0 Å². The Morgan fingerprint density at radius 2 is 2.26 bits per heavy atom. The highest BCUT2D eigenvalue weighted by atomic mass is 31.2. The third kappa shape index (κ3) is 7.87. The van der Waals surface area contributed by atoms with E-state index in [1.54, 1.807) is 4.68 Å². The molecule has 0 aromatic carbocycles. The monoisotopic (exact) mass is 289 g/mol. The largest absolute Gasteiger partial charge is 0.380 e. The Bertz CT molecular complexity index is 455. The lowest BCUT2D eigenvalue weighted by Crippen LogP contribution is -2.09. The van der Waals surface area contributed by atoms with E-state index in [1.165, 1.54) is 6.66 Å². The maximum atomic E-state index is 11.3. The van der Waals surface area contributed by atoms with Crippen molar-refractivity contribution in [2.45, 2.75) is 26.3 Å². The van der Waals surface area contributed by atoms with Gasteiger partial charge in [-0.1, -0.05) is 5.21 Å². The third-order valence-electron chi connectivity index (χ3n) is 2.33. The average molecular weight is 289 g/mol. The van der Waals surface area contributed by atoms with Crippen molar-refractivity contribution in [2.75, 3.05) is 26.0 Å². The molecule has 1 N–H and O–H groups in total. The average Bonchev–Trinajstić information content (AvgIpc) is 2.67. The molecule has 1 heterocycles. The summed E-state index contributed by atoms with van der Waals surface area (Å²) in [6.45, 7) is 4.64. The number of carbonyl (C=O) groups is 1. The highest BCUT2D eigenvalue weighted by Crippen LogP contribution is 2.34. The Labute approximate surface area is 112 Å². The molecule has 1 aromatic heterocycles. The SMILES string of the molecule is Cc1cn(CCOCCCC(=O)CP(C)(=O)O)nn1. The summed E-state index contributed by atoms with van der Waals surface area (Å²) in [4.78, 5) is 20.4. The number of rotatable bonds is 9. The van der Waals surface area contributed by atoms with Crippen molar-refractivity contribution in [1.82, 2.24) is 15.0 Å². The fraction of sp³-hybridized carbons (Fsp3) is 0.727. The molecule has 19 heavy (non-hydrogen) atoms. The van der Waals surface area contributed by atoms with Crippen molar-refractivity contribution >= 4 is 13.2 Å². The number of aryl methyl sites for hydroxylation is 1. The summed E-state index contributed by atoms with van der Waals surface area (Å²) in [5.74, 6) is -0.191. The first-order chi connectivity index (χ1) is 8.87. The van der Waals surface area contributed by atoms with Crippen LogP contribution in [-0.4, -0.2) is 51.7 Å². The Balaban J connectivity index is 2.02. The zero-order chi connectivity index (χ0) is 14.3. The number of hydrogen-bond donors (Lipinski definition) is 1. The van der Waals surface area contributed by atoms with Crippen LogP contribution in [0.5, 0.6) is 0 Å². The van der Waals surface area contributed by atoms with Gasteiger partial charge in [0.25, 0.3) is 0 Å². The second kappa shape index (κ2) is 7.53. The van der Waals surface area contributed by atoms with Gasteiger partial charge in [0.2, 0.25) is 7.37 Å². The van der Waals surface area contributed by atoms with Gasteiger partial charge in [-0.15, -0.1) is 5.10 Å². The number of hydrogen-bond acceptors (Lipinski definition) is 5. The molecule has 1 unspecified atom stereocenters. The van der Waals surface area contributed by atoms with Crippen LogP contribution in [-0.2, 0) is 20.6 Å². The molecule has 0 aliphatic carbocycles. The van der Waals surface area contributed by atoms with E-state index >= 15 is 0 Å². The Morgan fingerprint density at radius 1 is 1.53 bits per heavy atom. The van der Waals surface area contributed by atoms with Crippen molar-refractivity contribution in [3.8, 4) is 0 Å². The van der Waals surface area contributed by atoms with Crippen LogP contribution in [0.3, 0.4) is 0 Å². The molecule has 8 heteroatoms. The van der Waals surface area contributed by atoms with Gasteiger partial charge in [-0.05, 0) is 13.3 Å². The molecule has 0 aliphatic heterocycles. The Kier molecular flexibility index (Phi) is 6.34. The predicted molar refractivity (Wildman–Crippen MR) is 70.4 cm³/mol. The quantitative estimate of drug-likeness (QED) is 0.535. The number of nitrogens with zero attached hydrogens (tertiary/aromatic N) is 3. The summed E-state index contributed by atoms with van der Waals surface area (Å²) in [6.07, 6.45) is 2.42. The number of aromatic nitrogens is 3. The van der Waals surface area contributed by atoms with Crippen molar-refractivity contribution in [3.63, 3.8) is 0 Å². The van der Waals surface area contributed by atoms with Gasteiger partial charge in [-0.2, -0.15) is 0 Å². The van der Waals surface area contributed by atoms with Gasteiger partial charge in [0, 0.05) is 25.9 Å². The van der Waals surface area contributed by atoms with Crippen molar-refractivity contribution in [1.29, 1.82) is 0 Å². The van der Waals surface area contributed by atoms with Gasteiger partial charge < -0.3 is 9.63 Å². The number of carbonyl (C=O) groups excluding carboxylic acids is 1. The second-order valence-electron chi connectivity index (χ2n) is 4.59. The molecule has 0 bridgehead atoms. The summed E-state index contributed by atoms with van der Waals surface area (Å²) in [6, 6.07) is 0. The first-order valence-corrected chi connectivity index (χ1v) is 8.41. The minimum absolute atomic E-state index is 0.191. The molecule has 1 rings (SSSR count). The van der Waals surface area contributed by atoms with E-state index in [2.05, 4.69) is 10.3 Å². The molecular formula is C11H20N3O4P. The van der Waals surface area contributed by atoms with Crippen LogP contribution < -0.4 is 0 Å². The number of ether oxygens (including phenoxy) is 1. The molecule has 0 aliphatic rings. The summed E-state index contributed by atoms with van der Waals surface area (Å²) in [7, 11) is -3.23. The molecule has 0 saturated carbocycles. The number of ketones is 1. The molecule has 0 saturated heterocycles. The molecule has 0 spiro atoms. The van der Waals surface area contributed by atoms with E-state index in [0.29, 0.717) is 26.2 Å². The first-order valence-electron chi connectivity index (χ1n) is 6.12. The third-order valence-corrected chi connectivity index (χ3v) is 3.27. The molecule has 0 fully saturated rings. The standard InChI is InChI=1S/C11H20N3O4P/c1-10-8-14(13-12-10)5-7-18-6-3-4-11(15)9-19(2,16)17/h8H,3-7,9H2,1-2H3,(H,16,17). The molecule has 0 amide bonds. The Morgan fingerprint density at radius 3 is 2.84 bits per heavy atom. The van der Waals surface area contributed by atoms with Gasteiger partial charge >= 0.3 is 0 Å². The normalized spacial score (nSPS) is 14.3. The lowest BCUT2D eigenvalue weighted by Gasteiger charge is -2.05. The molecule has 0 radical (unpaired) electrons. The lowest BCUT2D eigenvalue weighted by atomic mass is 10.2. The minimum Gasteiger partial charge on any atom is -0.380 e. The zero-order valence-corrected chi connectivity index (χ0v) is 12.2. The summed E-state index contributed by atoms with van der Waals surface area (Å²) >= 11 is 0. The first kappa shape index (κ1) is 16.0. The van der Waals surface area contributed by atoms with Crippen LogP contribution in [0.25, 0.3) is 0 Å². The van der Waals surface area contributed by atoms with Crippen LogP contribution in [0.1, 0.15) is 18.5 Å². The minimum atomic E-state index is -3.23. The molecule has 7 nitrogen and oxygen atoms in total. The van der Waals surface area contributed by atoms with Crippen LogP contribution in [0.15, 0.2) is 6.20 Å². The van der Waals surface area contributed by atoms with Crippen molar-refractivity contribution in [3.05, 3.63) is 11.9 Å². The topological polar surface area (TPSA) is 94.3 Å². The lowest BCUT2D eigenvalue weighted by molar-refractivity contribution is -0.117. The van der Waals surface area contributed by atoms with E-state index in [0.717, 1.165) is 5.69 Å². The smallest absolute Gasteiger partial charge is 0.204 e. The van der Waals surface area contributed by atoms with Crippen LogP contribution >= 0.6 is 7.37 Å². The van der Waals surface area contributed by atoms with Gasteiger partial charge in [0.1, 0.15) is 5.78 Å². The van der Waals surface area contributed by atoms with E-state index in [9.17, 15) is 9.36 Å². The van der Waals surface area contributed by atoms with E-state index in [-0.39, 0.29) is 18.4 Å². The van der Waals surface area contributed by atoms with Gasteiger partial charge in [0.05, 0.1) is 25.0 Å². The van der Waals surface area contributed by atoms with Gasteiger partial charge in [-0.3, -0.25) is 9.36 Å². The Hall–Kier alpha value is -1.04. The van der Waals surface area contributed by atoms with Crippen molar-refractivity contribution < 1.29 is 19.0 Å². The van der Waals surface area contributed by atoms with Crippen LogP contribution in [0.4, 0.5) is 0 Å². The van der Waals surface area contributed by atoms with E-state index in [1.807, 2.05) is 13.1 Å². The number of Topliss-reactive ketones (excluding diaryl/α,β-unsaturated/α-hetero) is 1. The maximum Gasteiger partial charge on any atom is 0.204 e. The maximum absolute atomic E-state index is 11.3. The van der Waals surface area contributed by atoms with Gasteiger partial charge in [-0.25, -0.2) is 4.68 Å². The van der Waals surface area contributed by atoms with E-state index in [4.69, 9.17) is 9.63 Å². The molecular weight excluding hydrogens is 269 g/mol. The summed E-state index contributed by atoms with van der Waals surface area (Å²) in [5, 5.41) is 7.73. The van der Waals surface area contributed by atoms with E-state index < -0.39 is 7.37 Å². The second-order valence-corrected chi connectivity index (χ2v) is 7.00. The predicted octanol–water partition coefficient (Wildman–Crippen LogP) is 0.853. The summed E-state index contributed by atoms with van der Waals surface area (Å²) < 4.78 is 18.1. The molecule has 1 atom stereocenters. The highest BCUT2D eigenvalue weighted by Gasteiger charge is 2.15.